The Labute approximate surface area is 131 Å². The summed E-state index contributed by atoms with van der Waals surface area (Å²) in [5.41, 5.74) is 7.96. The van der Waals surface area contributed by atoms with Crippen molar-refractivity contribution in [2.24, 2.45) is 5.73 Å². The van der Waals surface area contributed by atoms with Gasteiger partial charge in [-0.25, -0.2) is 0 Å². The van der Waals surface area contributed by atoms with Crippen LogP contribution in [0.4, 0.5) is 0 Å². The van der Waals surface area contributed by atoms with E-state index in [1.54, 1.807) is 7.11 Å². The molecule has 22 heavy (non-hydrogen) atoms. The predicted octanol–water partition coefficient (Wildman–Crippen LogP) is 3.17. The lowest BCUT2D eigenvalue weighted by Crippen LogP contribution is -2.11. The summed E-state index contributed by atoms with van der Waals surface area (Å²) < 4.78 is 16.6. The summed E-state index contributed by atoms with van der Waals surface area (Å²) in [5, 5.41) is 0. The largest absolute Gasteiger partial charge is 0.497 e. The van der Waals surface area contributed by atoms with Gasteiger partial charge in [0, 0.05) is 18.2 Å². The van der Waals surface area contributed by atoms with Gasteiger partial charge >= 0.3 is 0 Å². The second-order valence-electron chi connectivity index (χ2n) is 4.87. The smallest absolute Gasteiger partial charge is 0.127 e. The maximum atomic E-state index is 5.75. The normalized spacial score (nSPS) is 10.3. The van der Waals surface area contributed by atoms with Crippen LogP contribution in [0.3, 0.4) is 0 Å². The third-order valence-corrected chi connectivity index (χ3v) is 3.44. The molecule has 0 aromatic heterocycles. The molecule has 0 saturated carbocycles. The van der Waals surface area contributed by atoms with Crippen LogP contribution in [0, 0.1) is 0 Å². The number of aryl methyl sites for hydroxylation is 1. The van der Waals surface area contributed by atoms with E-state index in [0.717, 1.165) is 29.2 Å². The van der Waals surface area contributed by atoms with Gasteiger partial charge in [-0.05, 0) is 30.2 Å². The second kappa shape index (κ2) is 8.29. The topological polar surface area (TPSA) is 53.7 Å². The summed E-state index contributed by atoms with van der Waals surface area (Å²) in [4.78, 5) is 0. The van der Waals surface area contributed by atoms with Crippen LogP contribution in [0.1, 0.15) is 18.1 Å². The van der Waals surface area contributed by atoms with Gasteiger partial charge in [0.15, 0.2) is 0 Å². The number of hydrogen-bond acceptors (Lipinski definition) is 4. The summed E-state index contributed by atoms with van der Waals surface area (Å²) in [6.45, 7) is 3.49. The molecule has 0 fully saturated rings. The molecule has 118 valence electrons. The minimum atomic E-state index is 0.429. The molecule has 0 radical (unpaired) electrons. The van der Waals surface area contributed by atoms with E-state index in [2.05, 4.69) is 19.1 Å². The highest BCUT2D eigenvalue weighted by Crippen LogP contribution is 2.24. The molecule has 0 heterocycles. The first kappa shape index (κ1) is 16.2. The van der Waals surface area contributed by atoms with Crippen molar-refractivity contribution in [2.75, 3.05) is 20.3 Å². The number of nitrogens with two attached hydrogens (primary N) is 1. The first-order valence-electron chi connectivity index (χ1n) is 7.48. The lowest BCUT2D eigenvalue weighted by Gasteiger charge is -2.12. The summed E-state index contributed by atoms with van der Waals surface area (Å²) in [7, 11) is 1.63. The fourth-order valence-electron chi connectivity index (χ4n) is 2.10. The molecule has 0 aliphatic heterocycles. The third-order valence-electron chi connectivity index (χ3n) is 3.44. The van der Waals surface area contributed by atoms with Gasteiger partial charge in [0.25, 0.3) is 0 Å². The van der Waals surface area contributed by atoms with E-state index in [0.29, 0.717) is 19.8 Å². The molecule has 0 unspecified atom stereocenters. The average molecular weight is 301 g/mol. The van der Waals surface area contributed by atoms with Crippen LogP contribution in [0.5, 0.6) is 17.2 Å². The van der Waals surface area contributed by atoms with Crippen molar-refractivity contribution < 1.29 is 14.2 Å². The summed E-state index contributed by atoms with van der Waals surface area (Å²) in [5.74, 6) is 2.35. The third kappa shape index (κ3) is 4.40. The maximum absolute atomic E-state index is 5.75. The molecular formula is C18H23NO3. The molecule has 4 heteroatoms. The molecule has 4 nitrogen and oxygen atoms in total. The number of ether oxygens (including phenoxy) is 3. The van der Waals surface area contributed by atoms with E-state index in [9.17, 15) is 0 Å². The van der Waals surface area contributed by atoms with Crippen LogP contribution in [0.25, 0.3) is 0 Å². The monoisotopic (exact) mass is 301 g/mol. The van der Waals surface area contributed by atoms with Crippen LogP contribution in [0.15, 0.2) is 42.5 Å². The zero-order valence-electron chi connectivity index (χ0n) is 13.2. The van der Waals surface area contributed by atoms with E-state index < -0.39 is 0 Å². The van der Waals surface area contributed by atoms with E-state index in [1.807, 2.05) is 30.3 Å². The molecule has 0 saturated heterocycles. The number of rotatable bonds is 8. The van der Waals surface area contributed by atoms with Gasteiger partial charge in [0.2, 0.25) is 0 Å². The van der Waals surface area contributed by atoms with Crippen LogP contribution in [-0.2, 0) is 13.0 Å². The van der Waals surface area contributed by atoms with Crippen LogP contribution >= 0.6 is 0 Å². The van der Waals surface area contributed by atoms with Crippen LogP contribution in [-0.4, -0.2) is 20.3 Å². The molecule has 0 bridgehead atoms. The highest BCUT2D eigenvalue weighted by molar-refractivity contribution is 5.40. The first-order chi connectivity index (χ1) is 10.8. The minimum absolute atomic E-state index is 0.429. The van der Waals surface area contributed by atoms with Gasteiger partial charge in [0.1, 0.15) is 30.5 Å². The van der Waals surface area contributed by atoms with Crippen LogP contribution < -0.4 is 19.9 Å². The summed E-state index contributed by atoms with van der Waals surface area (Å²) in [6, 6.07) is 13.7. The SMILES string of the molecule is CCc1ccc(OCCOc2cc(OC)ccc2CN)cc1. The highest BCUT2D eigenvalue weighted by Gasteiger charge is 2.04. The second-order valence-corrected chi connectivity index (χ2v) is 4.87. The molecule has 0 amide bonds. The summed E-state index contributed by atoms with van der Waals surface area (Å²) in [6.07, 6.45) is 1.03. The van der Waals surface area contributed by atoms with Crippen molar-refractivity contribution in [2.45, 2.75) is 19.9 Å². The van der Waals surface area contributed by atoms with Crippen molar-refractivity contribution in [3.63, 3.8) is 0 Å². The van der Waals surface area contributed by atoms with Crippen molar-refractivity contribution in [3.05, 3.63) is 53.6 Å². The first-order valence-corrected chi connectivity index (χ1v) is 7.48. The van der Waals surface area contributed by atoms with E-state index in [4.69, 9.17) is 19.9 Å². The van der Waals surface area contributed by atoms with Gasteiger partial charge in [0.05, 0.1) is 7.11 Å². The zero-order chi connectivity index (χ0) is 15.8. The standard InChI is InChI=1S/C18H23NO3/c1-3-14-4-7-16(8-5-14)21-10-11-22-18-12-17(20-2)9-6-15(18)13-19/h4-9,12H,3,10-11,13,19H2,1-2H3. The molecule has 0 spiro atoms. The van der Waals surface area contributed by atoms with E-state index in [1.165, 1.54) is 5.56 Å². The van der Waals surface area contributed by atoms with Gasteiger partial charge in [-0.15, -0.1) is 0 Å². The van der Waals surface area contributed by atoms with Gasteiger partial charge in [-0.1, -0.05) is 25.1 Å². The van der Waals surface area contributed by atoms with Crippen LogP contribution in [0.2, 0.25) is 0 Å². The lowest BCUT2D eigenvalue weighted by atomic mass is 10.2. The van der Waals surface area contributed by atoms with Crippen molar-refractivity contribution >= 4 is 0 Å². The average Bonchev–Trinajstić information content (AvgIpc) is 2.59. The molecule has 0 aliphatic carbocycles. The quantitative estimate of drug-likeness (QED) is 0.761. The Morgan fingerprint density at radius 1 is 0.909 bits per heavy atom. The van der Waals surface area contributed by atoms with E-state index >= 15 is 0 Å². The molecule has 0 aliphatic rings. The minimum Gasteiger partial charge on any atom is -0.497 e. The Kier molecular flexibility index (Phi) is 6.10. The Morgan fingerprint density at radius 2 is 1.59 bits per heavy atom. The summed E-state index contributed by atoms with van der Waals surface area (Å²) >= 11 is 0. The molecular weight excluding hydrogens is 278 g/mol. The highest BCUT2D eigenvalue weighted by atomic mass is 16.5. The maximum Gasteiger partial charge on any atom is 0.127 e. The van der Waals surface area contributed by atoms with Gasteiger partial charge in [-0.3, -0.25) is 0 Å². The Hall–Kier alpha value is -2.20. The molecule has 2 N–H and O–H groups in total. The fourth-order valence-corrected chi connectivity index (χ4v) is 2.10. The van der Waals surface area contributed by atoms with E-state index in [-0.39, 0.29) is 0 Å². The molecule has 2 aromatic rings. The zero-order valence-corrected chi connectivity index (χ0v) is 13.2. The lowest BCUT2D eigenvalue weighted by molar-refractivity contribution is 0.215. The Bertz CT molecular complexity index is 581. The molecule has 0 atom stereocenters. The fraction of sp³-hybridized carbons (Fsp3) is 0.333. The molecule has 2 rings (SSSR count). The Morgan fingerprint density at radius 3 is 2.23 bits per heavy atom. The van der Waals surface area contributed by atoms with Crippen molar-refractivity contribution in [1.29, 1.82) is 0 Å². The van der Waals surface area contributed by atoms with Gasteiger partial charge < -0.3 is 19.9 Å². The predicted molar refractivity (Wildman–Crippen MR) is 87.7 cm³/mol. The Balaban J connectivity index is 1.85. The van der Waals surface area contributed by atoms with Crippen molar-refractivity contribution in [1.82, 2.24) is 0 Å². The number of methoxy groups -OCH3 is 1. The molecule has 2 aromatic carbocycles. The number of hydrogen-bond donors (Lipinski definition) is 1. The van der Waals surface area contributed by atoms with Crippen molar-refractivity contribution in [3.8, 4) is 17.2 Å². The number of benzene rings is 2. The van der Waals surface area contributed by atoms with Gasteiger partial charge in [-0.2, -0.15) is 0 Å².